The molecule has 9 heteroatoms. The van der Waals surface area contributed by atoms with Crippen molar-refractivity contribution in [2.75, 3.05) is 12.4 Å². The zero-order chi connectivity index (χ0) is 24.7. The van der Waals surface area contributed by atoms with Crippen LogP contribution < -0.4 is 14.8 Å². The summed E-state index contributed by atoms with van der Waals surface area (Å²) in [7, 11) is 1.49. The van der Waals surface area contributed by atoms with E-state index in [0.29, 0.717) is 17.1 Å². The standard InChI is InChI=1S/C25H18BrF3N2O3/c1-33-21-10-9-16(23(13-21)34-15-17-5-2-3-8-22(17)26)11-18(14-30)24(32)31-20-7-4-6-19(12-20)25(27,28)29/h2-13H,15H2,1H3,(H,31,32)/b18-11+. The van der Waals surface area contributed by atoms with Gasteiger partial charge in [0.2, 0.25) is 0 Å². The number of ether oxygens (including phenoxy) is 2. The van der Waals surface area contributed by atoms with Crippen molar-refractivity contribution in [3.63, 3.8) is 0 Å². The first kappa shape index (κ1) is 24.9. The van der Waals surface area contributed by atoms with Crippen LogP contribution in [0.1, 0.15) is 16.7 Å². The molecule has 1 N–H and O–H groups in total. The normalized spacial score (nSPS) is 11.5. The Morgan fingerprint density at radius 1 is 1.12 bits per heavy atom. The average Bonchev–Trinajstić information content (AvgIpc) is 2.82. The highest BCUT2D eigenvalue weighted by molar-refractivity contribution is 9.10. The van der Waals surface area contributed by atoms with Gasteiger partial charge < -0.3 is 14.8 Å². The van der Waals surface area contributed by atoms with Crippen molar-refractivity contribution in [2.45, 2.75) is 12.8 Å². The summed E-state index contributed by atoms with van der Waals surface area (Å²) in [5, 5.41) is 11.9. The van der Waals surface area contributed by atoms with E-state index in [1.807, 2.05) is 24.3 Å². The van der Waals surface area contributed by atoms with Gasteiger partial charge in [-0.1, -0.05) is 40.2 Å². The number of alkyl halides is 3. The molecular weight excluding hydrogens is 513 g/mol. The lowest BCUT2D eigenvalue weighted by molar-refractivity contribution is -0.137. The number of hydrogen-bond donors (Lipinski definition) is 1. The number of nitrogens with one attached hydrogen (secondary N) is 1. The van der Waals surface area contributed by atoms with E-state index < -0.39 is 17.6 Å². The molecule has 5 nitrogen and oxygen atoms in total. The second kappa shape index (κ2) is 10.9. The summed E-state index contributed by atoms with van der Waals surface area (Å²) < 4.78 is 50.8. The summed E-state index contributed by atoms with van der Waals surface area (Å²) in [5.74, 6) is 0.00956. The van der Waals surface area contributed by atoms with Gasteiger partial charge in [-0.05, 0) is 42.5 Å². The second-order valence-corrected chi connectivity index (χ2v) is 7.84. The highest BCUT2D eigenvalue weighted by Crippen LogP contribution is 2.31. The lowest BCUT2D eigenvalue weighted by atomic mass is 10.1. The number of anilines is 1. The average molecular weight is 531 g/mol. The molecular formula is C25H18BrF3N2O3. The van der Waals surface area contributed by atoms with E-state index in [2.05, 4.69) is 21.2 Å². The molecule has 0 saturated carbocycles. The first-order valence-electron chi connectivity index (χ1n) is 9.86. The maximum Gasteiger partial charge on any atom is 0.416 e. The van der Waals surface area contributed by atoms with E-state index >= 15 is 0 Å². The van der Waals surface area contributed by atoms with Crippen molar-refractivity contribution >= 4 is 33.6 Å². The Hall–Kier alpha value is -3.77. The number of nitriles is 1. The summed E-state index contributed by atoms with van der Waals surface area (Å²) in [6, 6.07) is 18.3. The van der Waals surface area contributed by atoms with Gasteiger partial charge in [-0.2, -0.15) is 18.4 Å². The predicted molar refractivity (Wildman–Crippen MR) is 125 cm³/mol. The summed E-state index contributed by atoms with van der Waals surface area (Å²) in [6.45, 7) is 0.202. The van der Waals surface area contributed by atoms with Crippen LogP contribution in [0, 0.1) is 11.3 Å². The van der Waals surface area contributed by atoms with E-state index in [9.17, 15) is 23.2 Å². The fourth-order valence-electron chi connectivity index (χ4n) is 2.93. The molecule has 0 aliphatic carbocycles. The van der Waals surface area contributed by atoms with E-state index in [1.54, 1.807) is 24.3 Å². The summed E-state index contributed by atoms with van der Waals surface area (Å²) in [6.07, 6.45) is -3.25. The maximum absolute atomic E-state index is 12.9. The molecule has 0 atom stereocenters. The molecule has 3 aromatic rings. The number of benzene rings is 3. The van der Waals surface area contributed by atoms with E-state index in [1.165, 1.54) is 25.3 Å². The smallest absolute Gasteiger partial charge is 0.416 e. The Labute approximate surface area is 202 Å². The number of hydrogen-bond acceptors (Lipinski definition) is 4. The first-order valence-corrected chi connectivity index (χ1v) is 10.6. The predicted octanol–water partition coefficient (Wildman–Crippen LogP) is 6.60. The van der Waals surface area contributed by atoms with Crippen LogP contribution in [0.3, 0.4) is 0 Å². The third-order valence-electron chi connectivity index (χ3n) is 4.67. The fraction of sp³-hybridized carbons (Fsp3) is 0.120. The molecule has 3 aromatic carbocycles. The van der Waals surface area contributed by atoms with Crippen molar-refractivity contribution in [3.05, 3.63) is 93.5 Å². The molecule has 1 amide bonds. The topological polar surface area (TPSA) is 71.3 Å². The van der Waals surface area contributed by atoms with Gasteiger partial charge in [0.05, 0.1) is 12.7 Å². The minimum atomic E-state index is -4.56. The molecule has 0 spiro atoms. The third kappa shape index (κ3) is 6.39. The summed E-state index contributed by atoms with van der Waals surface area (Å²) >= 11 is 3.45. The SMILES string of the molecule is COc1ccc(/C=C(\C#N)C(=O)Nc2cccc(C(F)(F)F)c2)c(OCc2ccccc2Br)c1. The highest BCUT2D eigenvalue weighted by Gasteiger charge is 2.30. The Bertz CT molecular complexity index is 1270. The zero-order valence-corrected chi connectivity index (χ0v) is 19.4. The minimum absolute atomic E-state index is 0.0823. The Morgan fingerprint density at radius 3 is 2.56 bits per heavy atom. The van der Waals surface area contributed by atoms with Crippen LogP contribution in [0.2, 0.25) is 0 Å². The van der Waals surface area contributed by atoms with Crippen molar-refractivity contribution in [2.24, 2.45) is 0 Å². The lowest BCUT2D eigenvalue weighted by Gasteiger charge is -2.13. The summed E-state index contributed by atoms with van der Waals surface area (Å²) in [5.41, 5.74) is -0.00762. The minimum Gasteiger partial charge on any atom is -0.497 e. The van der Waals surface area contributed by atoms with E-state index in [-0.39, 0.29) is 17.9 Å². The number of halogens is 4. The van der Waals surface area contributed by atoms with Gasteiger partial charge in [-0.15, -0.1) is 0 Å². The molecule has 0 aliphatic rings. The second-order valence-electron chi connectivity index (χ2n) is 6.99. The van der Waals surface area contributed by atoms with Crippen molar-refractivity contribution in [3.8, 4) is 17.6 Å². The lowest BCUT2D eigenvalue weighted by Crippen LogP contribution is -2.14. The maximum atomic E-state index is 12.9. The Kier molecular flexibility index (Phi) is 7.97. The Balaban J connectivity index is 1.86. The van der Waals surface area contributed by atoms with Crippen LogP contribution in [-0.4, -0.2) is 13.0 Å². The zero-order valence-electron chi connectivity index (χ0n) is 17.8. The molecule has 34 heavy (non-hydrogen) atoms. The molecule has 0 heterocycles. The number of carbonyl (C=O) groups excluding carboxylic acids is 1. The van der Waals surface area contributed by atoms with Crippen LogP contribution in [0.4, 0.5) is 18.9 Å². The van der Waals surface area contributed by atoms with Gasteiger partial charge in [-0.25, -0.2) is 0 Å². The van der Waals surface area contributed by atoms with Crippen LogP contribution in [0.15, 0.2) is 76.8 Å². The Morgan fingerprint density at radius 2 is 1.88 bits per heavy atom. The molecule has 0 saturated heterocycles. The molecule has 0 bridgehead atoms. The van der Waals surface area contributed by atoms with Gasteiger partial charge in [0, 0.05) is 27.4 Å². The van der Waals surface area contributed by atoms with Crippen molar-refractivity contribution in [1.82, 2.24) is 0 Å². The molecule has 174 valence electrons. The van der Waals surface area contributed by atoms with Crippen LogP contribution >= 0.6 is 15.9 Å². The highest BCUT2D eigenvalue weighted by atomic mass is 79.9. The largest absolute Gasteiger partial charge is 0.497 e. The van der Waals surface area contributed by atoms with Crippen LogP contribution in [0.25, 0.3) is 6.08 Å². The molecule has 0 aliphatic heterocycles. The molecule has 3 rings (SSSR count). The quantitative estimate of drug-likeness (QED) is 0.276. The van der Waals surface area contributed by atoms with Crippen molar-refractivity contribution < 1.29 is 27.4 Å². The number of carbonyl (C=O) groups is 1. The van der Waals surface area contributed by atoms with Crippen molar-refractivity contribution in [1.29, 1.82) is 5.26 Å². The number of nitrogens with zero attached hydrogens (tertiary/aromatic N) is 1. The van der Waals surface area contributed by atoms with E-state index in [4.69, 9.17) is 9.47 Å². The van der Waals surface area contributed by atoms with E-state index in [0.717, 1.165) is 22.2 Å². The van der Waals surface area contributed by atoms with Crippen LogP contribution in [0.5, 0.6) is 11.5 Å². The fourth-order valence-corrected chi connectivity index (χ4v) is 3.33. The molecule has 0 fully saturated rings. The third-order valence-corrected chi connectivity index (χ3v) is 5.45. The summed E-state index contributed by atoms with van der Waals surface area (Å²) in [4.78, 5) is 12.6. The number of amides is 1. The monoisotopic (exact) mass is 530 g/mol. The molecule has 0 unspecified atom stereocenters. The molecule has 0 radical (unpaired) electrons. The van der Waals surface area contributed by atoms with Gasteiger partial charge in [0.1, 0.15) is 29.7 Å². The van der Waals surface area contributed by atoms with Gasteiger partial charge in [0.15, 0.2) is 0 Å². The number of methoxy groups -OCH3 is 1. The first-order chi connectivity index (χ1) is 16.2. The van der Waals surface area contributed by atoms with Gasteiger partial charge >= 0.3 is 6.18 Å². The van der Waals surface area contributed by atoms with Gasteiger partial charge in [-0.3, -0.25) is 4.79 Å². The van der Waals surface area contributed by atoms with Gasteiger partial charge in [0.25, 0.3) is 5.91 Å². The molecule has 0 aromatic heterocycles. The number of rotatable bonds is 7. The van der Waals surface area contributed by atoms with Crippen LogP contribution in [-0.2, 0) is 17.6 Å².